The van der Waals surface area contributed by atoms with Gasteiger partial charge < -0.3 is 50.0 Å². The number of carboxylic acids is 1. The highest BCUT2D eigenvalue weighted by Gasteiger charge is 2.85. The van der Waals surface area contributed by atoms with Gasteiger partial charge in [0.25, 0.3) is 0 Å². The summed E-state index contributed by atoms with van der Waals surface area (Å²) in [5.41, 5.74) is -4.39. The molecule has 12 nitrogen and oxygen atoms in total. The van der Waals surface area contributed by atoms with E-state index >= 15 is 0 Å². The van der Waals surface area contributed by atoms with Gasteiger partial charge in [-0.15, -0.1) is 0 Å². The second-order valence-corrected chi connectivity index (χ2v) is 12.2. The number of aliphatic carboxylic acids is 1. The van der Waals surface area contributed by atoms with Crippen molar-refractivity contribution < 1.29 is 59.5 Å². The van der Waals surface area contributed by atoms with Crippen LogP contribution in [0.3, 0.4) is 0 Å². The Morgan fingerprint density at radius 3 is 2.51 bits per heavy atom. The van der Waals surface area contributed by atoms with E-state index in [-0.39, 0.29) is 19.3 Å². The number of carboxylic acid groups (broad SMARTS) is 1. The quantitative estimate of drug-likeness (QED) is 0.158. The lowest BCUT2D eigenvalue weighted by Gasteiger charge is -2.49. The van der Waals surface area contributed by atoms with Crippen LogP contribution in [0.4, 0.5) is 0 Å². The maximum atomic E-state index is 13.1. The summed E-state index contributed by atoms with van der Waals surface area (Å²) in [6, 6.07) is 0. The first-order valence-electron chi connectivity index (χ1n) is 12.8. The molecule has 2 heterocycles. The summed E-state index contributed by atoms with van der Waals surface area (Å²) in [4.78, 5) is 26.0. The van der Waals surface area contributed by atoms with E-state index in [0.29, 0.717) is 18.4 Å². The van der Waals surface area contributed by atoms with Gasteiger partial charge in [-0.1, -0.05) is 6.58 Å². The summed E-state index contributed by atoms with van der Waals surface area (Å²) in [6.07, 6.45) is -9.12. The molecule has 0 aromatic carbocycles. The van der Waals surface area contributed by atoms with E-state index in [0.717, 1.165) is 0 Å². The first-order chi connectivity index (χ1) is 17.3. The van der Waals surface area contributed by atoms with E-state index in [2.05, 4.69) is 6.58 Å². The van der Waals surface area contributed by atoms with Crippen molar-refractivity contribution in [1.29, 1.82) is 0 Å². The average molecular weight is 527 g/mol. The Balaban J connectivity index is 1.40. The van der Waals surface area contributed by atoms with E-state index < -0.39 is 101 Å². The minimum atomic E-state index is -1.63. The molecule has 6 aliphatic rings. The summed E-state index contributed by atoms with van der Waals surface area (Å²) in [5, 5.41) is 72.7. The number of hydrogen-bond donors (Lipinski definition) is 7. The molecule has 4 saturated carbocycles. The lowest BCUT2D eigenvalue weighted by atomic mass is 9.58. The second-order valence-electron chi connectivity index (χ2n) is 12.2. The molecule has 4 aliphatic carbocycles. The third-order valence-corrected chi connectivity index (χ3v) is 10.7. The molecule has 0 unspecified atom stereocenters. The Morgan fingerprint density at radius 2 is 1.86 bits per heavy atom. The zero-order chi connectivity index (χ0) is 26.9. The van der Waals surface area contributed by atoms with E-state index in [1.807, 2.05) is 0 Å². The first kappa shape index (κ1) is 25.6. The van der Waals surface area contributed by atoms with Crippen LogP contribution in [0.1, 0.15) is 39.0 Å². The van der Waals surface area contributed by atoms with Gasteiger partial charge in [0.05, 0.1) is 30.3 Å². The lowest BCUT2D eigenvalue weighted by molar-refractivity contribution is -0.326. The molecule has 6 fully saturated rings. The number of hydrogen-bond acceptors (Lipinski definition) is 11. The monoisotopic (exact) mass is 526 g/mol. The topological polar surface area (TPSA) is 203 Å². The fraction of sp³-hybridized carbons (Fsp3) is 0.840. The van der Waals surface area contributed by atoms with E-state index in [1.54, 1.807) is 0 Å². The molecular formula is C25H34O12. The van der Waals surface area contributed by atoms with Crippen LogP contribution in [-0.2, 0) is 23.8 Å². The Labute approximate surface area is 212 Å². The lowest BCUT2D eigenvalue weighted by Crippen LogP contribution is -2.61. The number of esters is 1. The normalized spacial score (nSPS) is 58.1. The van der Waals surface area contributed by atoms with E-state index in [9.17, 15) is 45.3 Å². The molecular weight excluding hydrogens is 492 g/mol. The molecule has 6 rings (SSSR count). The number of ether oxygens (including phenoxy) is 3. The highest BCUT2D eigenvalue weighted by atomic mass is 16.7. The van der Waals surface area contributed by atoms with Gasteiger partial charge in [0, 0.05) is 18.3 Å². The van der Waals surface area contributed by atoms with Gasteiger partial charge in [-0.3, -0.25) is 9.59 Å². The Morgan fingerprint density at radius 1 is 1.16 bits per heavy atom. The standard InChI is InChI=1S/C25H34O12/c1-9-5-23-8-24(9,36-20-16(30)15(29)14(28)11(7-26)35-20)4-3-12(23)25-6-10(27)18(31)22(2,21(34)37-25)17(25)13(23)19(32)33/h10-18,20,26-31H,1,3-8H2,2H3,(H,32,33)/t10-,11+,12+,13+,14+,15-,16+,17+,18-,20-,22-,23-,24-,25+/m0/s1. The molecule has 0 radical (unpaired) electrons. The molecule has 1 spiro atoms. The van der Waals surface area contributed by atoms with Crippen molar-refractivity contribution in [2.24, 2.45) is 28.6 Å². The third kappa shape index (κ3) is 2.85. The largest absolute Gasteiger partial charge is 0.481 e. The molecule has 0 amide bonds. The fourth-order valence-electron chi connectivity index (χ4n) is 9.26. The van der Waals surface area contributed by atoms with Crippen molar-refractivity contribution in [3.8, 4) is 0 Å². The fourth-order valence-corrected chi connectivity index (χ4v) is 9.26. The molecule has 14 atom stereocenters. The highest BCUT2D eigenvalue weighted by molar-refractivity contribution is 5.85. The summed E-state index contributed by atoms with van der Waals surface area (Å²) >= 11 is 0. The minimum absolute atomic E-state index is 0.0661. The summed E-state index contributed by atoms with van der Waals surface area (Å²) in [6.45, 7) is 5.05. The van der Waals surface area contributed by atoms with Crippen LogP contribution in [0, 0.1) is 28.6 Å². The van der Waals surface area contributed by atoms with Crippen molar-refractivity contribution in [1.82, 2.24) is 0 Å². The van der Waals surface area contributed by atoms with Gasteiger partial charge in [-0.25, -0.2) is 0 Å². The zero-order valence-electron chi connectivity index (χ0n) is 20.4. The van der Waals surface area contributed by atoms with Gasteiger partial charge >= 0.3 is 11.9 Å². The molecule has 0 aromatic rings. The molecule has 2 aliphatic heterocycles. The van der Waals surface area contributed by atoms with Crippen molar-refractivity contribution in [2.45, 2.75) is 93.1 Å². The molecule has 4 bridgehead atoms. The predicted molar refractivity (Wildman–Crippen MR) is 119 cm³/mol. The predicted octanol–water partition coefficient (Wildman–Crippen LogP) is -1.95. The summed E-state index contributed by atoms with van der Waals surface area (Å²) < 4.78 is 17.8. The van der Waals surface area contributed by atoms with Gasteiger partial charge in [0.1, 0.15) is 35.4 Å². The minimum Gasteiger partial charge on any atom is -0.481 e. The van der Waals surface area contributed by atoms with Crippen molar-refractivity contribution in [3.05, 3.63) is 12.2 Å². The van der Waals surface area contributed by atoms with Gasteiger partial charge in [-0.05, 0) is 43.6 Å². The number of fused-ring (bicyclic) bond motifs is 1. The second kappa shape index (κ2) is 7.72. The SMILES string of the molecule is C=C1C[C@]23C[C@@]1(O[C@@H]1O[C@H](CO)[C@@H](O)[C@H](O)[C@H]1O)CC[C@H]2[C@@]12C[C@H](O)[C@H](O)[C@@](C)(C(=O)O1)[C@H]2[C@@H]3C(=O)O. The number of carbonyl (C=O) groups is 2. The van der Waals surface area contributed by atoms with Crippen molar-refractivity contribution >= 4 is 11.9 Å². The molecule has 0 aromatic heterocycles. The number of aliphatic hydroxyl groups excluding tert-OH is 6. The van der Waals surface area contributed by atoms with Crippen LogP contribution in [0.5, 0.6) is 0 Å². The molecule has 12 heteroatoms. The summed E-state index contributed by atoms with van der Waals surface area (Å²) in [7, 11) is 0. The van der Waals surface area contributed by atoms with Crippen molar-refractivity contribution in [2.75, 3.05) is 6.61 Å². The van der Waals surface area contributed by atoms with Crippen LogP contribution < -0.4 is 0 Å². The number of rotatable bonds is 4. The van der Waals surface area contributed by atoms with Crippen LogP contribution in [0.25, 0.3) is 0 Å². The van der Waals surface area contributed by atoms with E-state index in [4.69, 9.17) is 14.2 Å². The number of carbonyl (C=O) groups excluding carboxylic acids is 1. The van der Waals surface area contributed by atoms with Crippen LogP contribution in [0.15, 0.2) is 12.2 Å². The number of aliphatic hydroxyl groups is 6. The first-order valence-corrected chi connectivity index (χ1v) is 12.8. The van der Waals surface area contributed by atoms with Crippen LogP contribution in [0.2, 0.25) is 0 Å². The van der Waals surface area contributed by atoms with Gasteiger partial charge in [0.15, 0.2) is 6.29 Å². The van der Waals surface area contributed by atoms with Gasteiger partial charge in [-0.2, -0.15) is 0 Å². The Hall–Kier alpha value is -1.64. The van der Waals surface area contributed by atoms with Crippen molar-refractivity contribution in [3.63, 3.8) is 0 Å². The van der Waals surface area contributed by atoms with Crippen LogP contribution >= 0.6 is 0 Å². The highest BCUT2D eigenvalue weighted by Crippen LogP contribution is 2.78. The molecule has 37 heavy (non-hydrogen) atoms. The summed E-state index contributed by atoms with van der Waals surface area (Å²) in [5.74, 6) is -4.25. The maximum Gasteiger partial charge on any atom is 0.315 e. The maximum absolute atomic E-state index is 13.1. The Kier molecular flexibility index (Phi) is 5.35. The third-order valence-electron chi connectivity index (χ3n) is 10.7. The smallest absolute Gasteiger partial charge is 0.315 e. The molecule has 2 saturated heterocycles. The van der Waals surface area contributed by atoms with E-state index in [1.165, 1.54) is 6.92 Å². The molecule has 206 valence electrons. The van der Waals surface area contributed by atoms with Gasteiger partial charge in [0.2, 0.25) is 0 Å². The Bertz CT molecular complexity index is 1050. The molecule has 7 N–H and O–H groups in total. The average Bonchev–Trinajstić information content (AvgIpc) is 3.28. The van der Waals surface area contributed by atoms with Crippen LogP contribution in [-0.4, -0.2) is 108 Å². The zero-order valence-corrected chi connectivity index (χ0v) is 20.4.